The monoisotopic (exact) mass is 331 g/mol. The van der Waals surface area contributed by atoms with Crippen LogP contribution in [0.3, 0.4) is 0 Å². The van der Waals surface area contributed by atoms with Crippen molar-refractivity contribution in [3.63, 3.8) is 0 Å². The van der Waals surface area contributed by atoms with Gasteiger partial charge in [-0.05, 0) is 41.9 Å². The lowest BCUT2D eigenvalue weighted by molar-refractivity contribution is 0.867. The van der Waals surface area contributed by atoms with Crippen LogP contribution >= 0.6 is 23.8 Å². The maximum Gasteiger partial charge on any atom is 0.191 e. The van der Waals surface area contributed by atoms with Crippen LogP contribution in [0, 0.1) is 0 Å². The fourth-order valence-electron chi connectivity index (χ4n) is 1.85. The summed E-state index contributed by atoms with van der Waals surface area (Å²) in [6, 6.07) is 15.7. The van der Waals surface area contributed by atoms with Gasteiger partial charge in [0, 0.05) is 16.3 Å². The van der Waals surface area contributed by atoms with Gasteiger partial charge < -0.3 is 5.32 Å². The average molecular weight is 332 g/mol. The van der Waals surface area contributed by atoms with E-state index in [9.17, 15) is 0 Å². The van der Waals surface area contributed by atoms with Gasteiger partial charge in [0.15, 0.2) is 5.11 Å². The quantitative estimate of drug-likeness (QED) is 0.480. The lowest BCUT2D eigenvalue weighted by Crippen LogP contribution is -2.23. The van der Waals surface area contributed by atoms with Crippen molar-refractivity contribution in [3.05, 3.63) is 64.7 Å². The molecule has 2 aromatic rings. The highest BCUT2D eigenvalue weighted by Crippen LogP contribution is 2.17. The van der Waals surface area contributed by atoms with Crippen molar-refractivity contribution in [2.24, 2.45) is 5.10 Å². The molecule has 2 rings (SSSR count). The molecule has 114 valence electrons. The van der Waals surface area contributed by atoms with Gasteiger partial charge in [-0.2, -0.15) is 5.10 Å². The first kappa shape index (κ1) is 16.5. The summed E-state index contributed by atoms with van der Waals surface area (Å²) >= 11 is 11.2. The van der Waals surface area contributed by atoms with Gasteiger partial charge in [-0.1, -0.05) is 55.8 Å². The summed E-state index contributed by atoms with van der Waals surface area (Å²) < 4.78 is 0. The van der Waals surface area contributed by atoms with Crippen molar-refractivity contribution < 1.29 is 0 Å². The molecule has 0 aliphatic carbocycles. The molecule has 0 unspecified atom stereocenters. The third-order valence-corrected chi connectivity index (χ3v) is 3.65. The molecule has 0 heterocycles. The van der Waals surface area contributed by atoms with Crippen LogP contribution in [0.5, 0.6) is 0 Å². The zero-order valence-electron chi connectivity index (χ0n) is 12.5. The number of hydrazone groups is 1. The first-order valence-corrected chi connectivity index (χ1v) is 7.79. The summed E-state index contributed by atoms with van der Waals surface area (Å²) in [4.78, 5) is 0. The molecule has 0 saturated heterocycles. The molecule has 5 heteroatoms. The van der Waals surface area contributed by atoms with E-state index in [-0.39, 0.29) is 0 Å². The Kier molecular flexibility index (Phi) is 5.92. The normalized spacial score (nSPS) is 10.9. The van der Waals surface area contributed by atoms with Crippen LogP contribution in [-0.2, 0) is 0 Å². The standard InChI is InChI=1S/C17H18ClN3S/c1-12(2)13-7-9-15(10-8-13)20-17(22)21-19-11-14-5-3-4-6-16(14)18/h3-12H,1-2H3,(H2,20,21,22)/b19-11-. The second kappa shape index (κ2) is 7.92. The van der Waals surface area contributed by atoms with E-state index in [1.165, 1.54) is 5.56 Å². The first-order valence-electron chi connectivity index (χ1n) is 7.01. The predicted molar refractivity (Wildman–Crippen MR) is 98.9 cm³/mol. The molecule has 0 aromatic heterocycles. The Balaban J connectivity index is 1.89. The predicted octanol–water partition coefficient (Wildman–Crippen LogP) is 4.78. The number of rotatable bonds is 4. The van der Waals surface area contributed by atoms with E-state index in [0.29, 0.717) is 16.1 Å². The van der Waals surface area contributed by atoms with Gasteiger partial charge in [-0.3, -0.25) is 5.43 Å². The molecule has 0 spiro atoms. The number of halogens is 1. The molecule has 3 nitrogen and oxygen atoms in total. The summed E-state index contributed by atoms with van der Waals surface area (Å²) in [7, 11) is 0. The zero-order chi connectivity index (χ0) is 15.9. The van der Waals surface area contributed by atoms with Crippen molar-refractivity contribution in [3.8, 4) is 0 Å². The van der Waals surface area contributed by atoms with Gasteiger partial charge >= 0.3 is 0 Å². The maximum atomic E-state index is 6.04. The van der Waals surface area contributed by atoms with Crippen molar-refractivity contribution >= 4 is 40.8 Å². The highest BCUT2D eigenvalue weighted by atomic mass is 35.5. The minimum atomic E-state index is 0.431. The topological polar surface area (TPSA) is 36.4 Å². The van der Waals surface area contributed by atoms with E-state index in [1.54, 1.807) is 6.21 Å². The number of nitrogens with zero attached hydrogens (tertiary/aromatic N) is 1. The second-order valence-corrected chi connectivity index (χ2v) is 5.94. The molecule has 0 aliphatic rings. The van der Waals surface area contributed by atoms with Crippen molar-refractivity contribution in [2.75, 3.05) is 5.32 Å². The summed E-state index contributed by atoms with van der Waals surface area (Å²) in [5, 5.41) is 8.24. The van der Waals surface area contributed by atoms with Gasteiger partial charge in [0.25, 0.3) is 0 Å². The molecule has 0 radical (unpaired) electrons. The Labute approximate surface area is 141 Å². The highest BCUT2D eigenvalue weighted by molar-refractivity contribution is 7.80. The van der Waals surface area contributed by atoms with Crippen molar-refractivity contribution in [2.45, 2.75) is 19.8 Å². The van der Waals surface area contributed by atoms with Crippen LogP contribution in [0.15, 0.2) is 53.6 Å². The molecular formula is C17H18ClN3S. The first-order chi connectivity index (χ1) is 10.6. The number of hydrogen-bond acceptors (Lipinski definition) is 2. The summed E-state index contributed by atoms with van der Waals surface area (Å²) in [5.74, 6) is 0.513. The molecule has 0 amide bonds. The number of nitrogens with one attached hydrogen (secondary N) is 2. The Bertz CT molecular complexity index is 666. The summed E-state index contributed by atoms with van der Waals surface area (Å²) in [5.41, 5.74) is 5.83. The number of thiocarbonyl (C=S) groups is 1. The fraction of sp³-hybridized carbons (Fsp3) is 0.176. The highest BCUT2D eigenvalue weighted by Gasteiger charge is 2.00. The number of hydrogen-bond donors (Lipinski definition) is 2. The Morgan fingerprint density at radius 1 is 1.14 bits per heavy atom. The Morgan fingerprint density at radius 3 is 2.45 bits per heavy atom. The van der Waals surface area contributed by atoms with Crippen LogP contribution in [0.1, 0.15) is 30.9 Å². The third-order valence-electron chi connectivity index (χ3n) is 3.11. The third kappa shape index (κ3) is 4.83. The van der Waals surface area contributed by atoms with Crippen molar-refractivity contribution in [1.29, 1.82) is 0 Å². The minimum absolute atomic E-state index is 0.431. The molecule has 0 saturated carbocycles. The zero-order valence-corrected chi connectivity index (χ0v) is 14.1. The van der Waals surface area contributed by atoms with Crippen molar-refractivity contribution in [1.82, 2.24) is 5.43 Å². The molecule has 2 aromatic carbocycles. The molecule has 22 heavy (non-hydrogen) atoms. The van der Waals surface area contributed by atoms with Crippen LogP contribution in [0.4, 0.5) is 5.69 Å². The largest absolute Gasteiger partial charge is 0.331 e. The minimum Gasteiger partial charge on any atom is -0.331 e. The summed E-state index contributed by atoms with van der Waals surface area (Å²) in [6.07, 6.45) is 1.64. The molecule has 2 N–H and O–H groups in total. The molecule has 0 fully saturated rings. The van der Waals surface area contributed by atoms with Crippen LogP contribution in [0.25, 0.3) is 0 Å². The van der Waals surface area contributed by atoms with Gasteiger partial charge in [0.2, 0.25) is 0 Å². The second-order valence-electron chi connectivity index (χ2n) is 5.12. The fourth-order valence-corrected chi connectivity index (χ4v) is 2.21. The SMILES string of the molecule is CC(C)c1ccc(NC(=S)N/N=C\c2ccccc2Cl)cc1. The van der Waals surface area contributed by atoms with Gasteiger partial charge in [-0.25, -0.2) is 0 Å². The lowest BCUT2D eigenvalue weighted by Gasteiger charge is -2.09. The van der Waals surface area contributed by atoms with Gasteiger partial charge in [0.1, 0.15) is 0 Å². The smallest absolute Gasteiger partial charge is 0.191 e. The van der Waals surface area contributed by atoms with E-state index in [4.69, 9.17) is 23.8 Å². The van der Waals surface area contributed by atoms with Crippen LogP contribution in [-0.4, -0.2) is 11.3 Å². The Morgan fingerprint density at radius 2 is 1.82 bits per heavy atom. The van der Waals surface area contributed by atoms with E-state index in [0.717, 1.165) is 11.3 Å². The number of anilines is 1. The molecule has 0 aliphatic heterocycles. The molecule has 0 atom stereocenters. The average Bonchev–Trinajstić information content (AvgIpc) is 2.50. The van der Waals surface area contributed by atoms with E-state index in [1.807, 2.05) is 36.4 Å². The number of benzene rings is 2. The van der Waals surface area contributed by atoms with E-state index < -0.39 is 0 Å². The molecule has 0 bridgehead atoms. The maximum absolute atomic E-state index is 6.04. The lowest BCUT2D eigenvalue weighted by atomic mass is 10.0. The van der Waals surface area contributed by atoms with Crippen LogP contribution in [0.2, 0.25) is 5.02 Å². The van der Waals surface area contributed by atoms with Gasteiger partial charge in [0.05, 0.1) is 6.21 Å². The van der Waals surface area contributed by atoms with E-state index in [2.05, 4.69) is 41.8 Å². The summed E-state index contributed by atoms with van der Waals surface area (Å²) in [6.45, 7) is 4.33. The van der Waals surface area contributed by atoms with E-state index >= 15 is 0 Å². The van der Waals surface area contributed by atoms with Gasteiger partial charge in [-0.15, -0.1) is 0 Å². The Hall–Kier alpha value is -1.91. The van der Waals surface area contributed by atoms with Crippen LogP contribution < -0.4 is 10.7 Å². The molecular weight excluding hydrogens is 314 g/mol.